The third-order valence-electron chi connectivity index (χ3n) is 3.59. The smallest absolute Gasteiger partial charge is 0.322 e. The topological polar surface area (TPSA) is 68.5 Å². The predicted molar refractivity (Wildman–Crippen MR) is 73.5 cm³/mol. The zero-order valence-corrected chi connectivity index (χ0v) is 11.3. The molecule has 106 valence electrons. The molecule has 0 bridgehead atoms. The summed E-state index contributed by atoms with van der Waals surface area (Å²) < 4.78 is 7.16. The number of carbonyl (C=O) groups excluding carboxylic acids is 1. The van der Waals surface area contributed by atoms with E-state index in [1.54, 1.807) is 4.40 Å². The van der Waals surface area contributed by atoms with Gasteiger partial charge >= 0.3 is 6.01 Å². The summed E-state index contributed by atoms with van der Waals surface area (Å²) in [5.41, 5.74) is 0.704. The van der Waals surface area contributed by atoms with Crippen LogP contribution >= 0.6 is 0 Å². The lowest BCUT2D eigenvalue weighted by molar-refractivity contribution is -0.124. The van der Waals surface area contributed by atoms with Crippen LogP contribution in [-0.4, -0.2) is 33.2 Å². The third kappa shape index (κ3) is 2.89. The van der Waals surface area contributed by atoms with E-state index in [4.69, 9.17) is 4.74 Å². The summed E-state index contributed by atoms with van der Waals surface area (Å²) in [6, 6.07) is 6.23. The maximum Gasteiger partial charge on any atom is 0.322 e. The number of hydrogen-bond donors (Lipinski definition) is 1. The summed E-state index contributed by atoms with van der Waals surface area (Å²) in [4.78, 5) is 11.8. The number of carbonyl (C=O) groups is 1. The van der Waals surface area contributed by atoms with Gasteiger partial charge < -0.3 is 10.1 Å². The molecule has 1 fully saturated rings. The molecule has 1 aliphatic rings. The second-order valence-electron chi connectivity index (χ2n) is 5.10. The van der Waals surface area contributed by atoms with E-state index < -0.39 is 0 Å². The number of nitrogens with zero attached hydrogens (tertiary/aromatic N) is 3. The van der Waals surface area contributed by atoms with Gasteiger partial charge in [0.25, 0.3) is 5.91 Å². The summed E-state index contributed by atoms with van der Waals surface area (Å²) in [6.45, 7) is -0.0216. The van der Waals surface area contributed by atoms with Crippen LogP contribution in [0.5, 0.6) is 6.01 Å². The molecule has 0 unspecified atom stereocenters. The molecule has 6 heteroatoms. The van der Waals surface area contributed by atoms with Gasteiger partial charge in [0.1, 0.15) is 0 Å². The highest BCUT2D eigenvalue weighted by molar-refractivity contribution is 5.77. The van der Waals surface area contributed by atoms with Gasteiger partial charge in [0.15, 0.2) is 12.3 Å². The summed E-state index contributed by atoms with van der Waals surface area (Å²) in [5.74, 6) is -0.0930. The molecule has 0 aromatic carbocycles. The first-order chi connectivity index (χ1) is 9.83. The fraction of sp³-hybridized carbons (Fsp3) is 0.500. The number of pyridine rings is 1. The summed E-state index contributed by atoms with van der Waals surface area (Å²) >= 11 is 0. The van der Waals surface area contributed by atoms with Crippen LogP contribution in [0.3, 0.4) is 0 Å². The molecule has 1 aliphatic carbocycles. The Morgan fingerprint density at radius 2 is 2.15 bits per heavy atom. The van der Waals surface area contributed by atoms with Crippen LogP contribution in [0.15, 0.2) is 24.4 Å². The van der Waals surface area contributed by atoms with Crippen molar-refractivity contribution in [3.05, 3.63) is 24.4 Å². The Bertz CT molecular complexity index is 590. The second kappa shape index (κ2) is 5.90. The van der Waals surface area contributed by atoms with E-state index in [2.05, 4.69) is 15.5 Å². The zero-order chi connectivity index (χ0) is 13.8. The molecule has 3 rings (SSSR count). The standard InChI is InChI=1S/C14H18N4O2/c19-13(15-11-6-2-1-3-7-11)10-20-14-17-16-12-8-4-5-9-18(12)14/h4-5,8-9,11H,1-3,6-7,10H2,(H,15,19). The maximum atomic E-state index is 11.8. The Morgan fingerprint density at radius 1 is 1.30 bits per heavy atom. The van der Waals surface area contributed by atoms with Crippen molar-refractivity contribution in [3.63, 3.8) is 0 Å². The molecule has 2 heterocycles. The molecule has 6 nitrogen and oxygen atoms in total. The van der Waals surface area contributed by atoms with Crippen LogP contribution in [-0.2, 0) is 4.79 Å². The molecule has 2 aromatic heterocycles. The zero-order valence-electron chi connectivity index (χ0n) is 11.3. The summed E-state index contributed by atoms with van der Waals surface area (Å²) in [5, 5.41) is 10.9. The van der Waals surface area contributed by atoms with Gasteiger partial charge in [-0.25, -0.2) is 0 Å². The first-order valence-electron chi connectivity index (χ1n) is 7.05. The normalized spacial score (nSPS) is 16.2. The highest BCUT2D eigenvalue weighted by atomic mass is 16.5. The van der Waals surface area contributed by atoms with E-state index >= 15 is 0 Å². The molecule has 1 amide bonds. The van der Waals surface area contributed by atoms with Crippen molar-refractivity contribution in [1.82, 2.24) is 19.9 Å². The van der Waals surface area contributed by atoms with Gasteiger partial charge in [0.2, 0.25) is 0 Å². The van der Waals surface area contributed by atoms with Crippen molar-refractivity contribution in [2.75, 3.05) is 6.61 Å². The number of aromatic nitrogens is 3. The number of fused-ring (bicyclic) bond motifs is 1. The highest BCUT2D eigenvalue weighted by Crippen LogP contribution is 2.17. The van der Waals surface area contributed by atoms with Crippen LogP contribution in [0.1, 0.15) is 32.1 Å². The Balaban J connectivity index is 1.54. The van der Waals surface area contributed by atoms with Gasteiger partial charge in [-0.3, -0.25) is 9.20 Å². The summed E-state index contributed by atoms with van der Waals surface area (Å²) in [6.07, 6.45) is 7.61. The fourth-order valence-corrected chi connectivity index (χ4v) is 2.56. The molecule has 0 radical (unpaired) electrons. The Labute approximate surface area is 117 Å². The number of hydrogen-bond acceptors (Lipinski definition) is 4. The number of rotatable bonds is 4. The van der Waals surface area contributed by atoms with Crippen LogP contribution in [0.25, 0.3) is 5.65 Å². The maximum absolute atomic E-state index is 11.8. The van der Waals surface area contributed by atoms with Crippen LogP contribution in [0.2, 0.25) is 0 Å². The van der Waals surface area contributed by atoms with Crippen molar-refractivity contribution < 1.29 is 9.53 Å². The highest BCUT2D eigenvalue weighted by Gasteiger charge is 2.16. The monoisotopic (exact) mass is 274 g/mol. The molecular formula is C14H18N4O2. The van der Waals surface area contributed by atoms with Crippen LogP contribution in [0.4, 0.5) is 0 Å². The number of amides is 1. The average molecular weight is 274 g/mol. The van der Waals surface area contributed by atoms with Crippen LogP contribution < -0.4 is 10.1 Å². The van der Waals surface area contributed by atoms with Gasteiger partial charge in [-0.1, -0.05) is 30.4 Å². The predicted octanol–water partition coefficient (Wildman–Crippen LogP) is 1.56. The van der Waals surface area contributed by atoms with Crippen molar-refractivity contribution >= 4 is 11.6 Å². The molecule has 0 atom stereocenters. The quantitative estimate of drug-likeness (QED) is 0.918. The molecular weight excluding hydrogens is 256 g/mol. The van der Waals surface area contributed by atoms with Gasteiger partial charge in [-0.05, 0) is 25.0 Å². The number of nitrogens with one attached hydrogen (secondary N) is 1. The number of ether oxygens (including phenoxy) is 1. The van der Waals surface area contributed by atoms with E-state index in [1.807, 2.05) is 24.4 Å². The van der Waals surface area contributed by atoms with E-state index in [0.717, 1.165) is 12.8 Å². The minimum Gasteiger partial charge on any atom is -0.453 e. The minimum absolute atomic E-state index is 0.0216. The molecule has 0 aliphatic heterocycles. The SMILES string of the molecule is O=C(COc1nnc2ccccn12)NC1CCCCC1. The first-order valence-corrected chi connectivity index (χ1v) is 7.05. The van der Waals surface area contributed by atoms with E-state index in [0.29, 0.717) is 17.7 Å². The first kappa shape index (κ1) is 12.9. The third-order valence-corrected chi connectivity index (χ3v) is 3.59. The van der Waals surface area contributed by atoms with Gasteiger partial charge in [0.05, 0.1) is 0 Å². The Kier molecular flexibility index (Phi) is 3.80. The Morgan fingerprint density at radius 3 is 3.00 bits per heavy atom. The minimum atomic E-state index is -0.0930. The van der Waals surface area contributed by atoms with Crippen molar-refractivity contribution in [2.45, 2.75) is 38.1 Å². The van der Waals surface area contributed by atoms with Crippen molar-refractivity contribution in [3.8, 4) is 6.01 Å². The molecule has 20 heavy (non-hydrogen) atoms. The molecule has 0 saturated heterocycles. The van der Waals surface area contributed by atoms with E-state index in [-0.39, 0.29) is 12.5 Å². The molecule has 2 aromatic rings. The van der Waals surface area contributed by atoms with E-state index in [1.165, 1.54) is 19.3 Å². The van der Waals surface area contributed by atoms with Crippen molar-refractivity contribution in [2.24, 2.45) is 0 Å². The fourth-order valence-electron chi connectivity index (χ4n) is 2.56. The lowest BCUT2D eigenvalue weighted by Crippen LogP contribution is -2.39. The van der Waals surface area contributed by atoms with Gasteiger partial charge in [0, 0.05) is 12.2 Å². The lowest BCUT2D eigenvalue weighted by Gasteiger charge is -2.22. The second-order valence-corrected chi connectivity index (χ2v) is 5.10. The largest absolute Gasteiger partial charge is 0.453 e. The lowest BCUT2D eigenvalue weighted by atomic mass is 9.95. The van der Waals surface area contributed by atoms with Crippen LogP contribution in [0, 0.1) is 0 Å². The van der Waals surface area contributed by atoms with Crippen molar-refractivity contribution in [1.29, 1.82) is 0 Å². The average Bonchev–Trinajstić information content (AvgIpc) is 2.89. The molecule has 0 spiro atoms. The summed E-state index contributed by atoms with van der Waals surface area (Å²) in [7, 11) is 0. The van der Waals surface area contributed by atoms with Gasteiger partial charge in [-0.2, -0.15) is 0 Å². The van der Waals surface area contributed by atoms with Gasteiger partial charge in [-0.15, -0.1) is 5.10 Å². The molecule has 1 N–H and O–H groups in total. The molecule has 1 saturated carbocycles. The Hall–Kier alpha value is -2.11. The van der Waals surface area contributed by atoms with E-state index in [9.17, 15) is 4.79 Å².